The first-order chi connectivity index (χ1) is 27.6. The summed E-state index contributed by atoms with van der Waals surface area (Å²) >= 11 is 0. The molecule has 0 aromatic heterocycles. The van der Waals surface area contributed by atoms with E-state index in [4.69, 9.17) is 4.74 Å². The largest absolute Gasteiger partial charge is 0.458 e. The molecule has 330 valence electrons. The number of ether oxygens (including phenoxy) is 1. The Morgan fingerprint density at radius 1 is 0.559 bits per heavy atom. The summed E-state index contributed by atoms with van der Waals surface area (Å²) in [6, 6.07) is 0.483. The van der Waals surface area contributed by atoms with Crippen LogP contribution in [0.5, 0.6) is 0 Å². The lowest BCUT2D eigenvalue weighted by Gasteiger charge is -2.30. The number of esters is 1. The maximum atomic E-state index is 14.1. The van der Waals surface area contributed by atoms with Gasteiger partial charge in [-0.15, -0.1) is 0 Å². The lowest BCUT2D eigenvalue weighted by atomic mass is 9.98. The number of carbonyl (C=O) groups excluding carboxylic acids is 8. The second-order valence-corrected chi connectivity index (χ2v) is 17.4. The SMILES string of the molecule is CC(C)CCC(=O)NC1C(=O)N[C@@H](C)C(=O)N[C@@H](Cc2ccccc2)C(=O)N[C@H](CC(C)C)C(=O)N[C@H](CC(C)C)C(=O)N[C@@H](CC(C)C)C(=O)N[C@@H](C)C(=O)O[C@@H]1C. The molecule has 0 radical (unpaired) electrons. The average molecular weight is 828 g/mol. The van der Waals surface area contributed by atoms with E-state index < -0.39 is 95.7 Å². The van der Waals surface area contributed by atoms with Crippen LogP contribution in [0.1, 0.15) is 114 Å². The minimum absolute atomic E-state index is 0.0342. The van der Waals surface area contributed by atoms with E-state index in [2.05, 4.69) is 37.2 Å². The van der Waals surface area contributed by atoms with Crippen LogP contribution in [0.3, 0.4) is 0 Å². The van der Waals surface area contributed by atoms with Crippen LogP contribution in [0.2, 0.25) is 0 Å². The van der Waals surface area contributed by atoms with Crippen molar-refractivity contribution < 1.29 is 43.1 Å². The molecule has 1 fully saturated rings. The van der Waals surface area contributed by atoms with E-state index in [9.17, 15) is 38.4 Å². The Morgan fingerprint density at radius 3 is 1.44 bits per heavy atom. The molecule has 0 spiro atoms. The summed E-state index contributed by atoms with van der Waals surface area (Å²) in [6.07, 6.45) is -0.0270. The third-order valence-electron chi connectivity index (χ3n) is 9.72. The molecule has 8 atom stereocenters. The van der Waals surface area contributed by atoms with E-state index in [0.29, 0.717) is 12.0 Å². The molecular formula is C43H69N7O9. The number of cyclic esters (lactones) is 1. The highest BCUT2D eigenvalue weighted by Crippen LogP contribution is 2.14. The molecule has 0 aliphatic carbocycles. The molecule has 1 aliphatic rings. The van der Waals surface area contributed by atoms with Crippen molar-refractivity contribution >= 4 is 47.3 Å². The maximum Gasteiger partial charge on any atom is 0.328 e. The lowest BCUT2D eigenvalue weighted by molar-refractivity contribution is -0.155. The van der Waals surface area contributed by atoms with Crippen LogP contribution in [-0.2, 0) is 49.5 Å². The molecule has 1 aliphatic heterocycles. The first kappa shape index (κ1) is 50.1. The second kappa shape index (κ2) is 24.2. The normalized spacial score (nSPS) is 26.1. The predicted molar refractivity (Wildman–Crippen MR) is 223 cm³/mol. The summed E-state index contributed by atoms with van der Waals surface area (Å²) in [4.78, 5) is 110. The summed E-state index contributed by atoms with van der Waals surface area (Å²) in [5.41, 5.74) is 0.707. The summed E-state index contributed by atoms with van der Waals surface area (Å²) in [7, 11) is 0. The number of amides is 7. The van der Waals surface area contributed by atoms with Crippen LogP contribution in [0.15, 0.2) is 30.3 Å². The molecule has 59 heavy (non-hydrogen) atoms. The van der Waals surface area contributed by atoms with Gasteiger partial charge in [-0.25, -0.2) is 4.79 Å². The molecule has 1 unspecified atom stereocenters. The number of benzene rings is 1. The lowest BCUT2D eigenvalue weighted by Crippen LogP contribution is -2.61. The van der Waals surface area contributed by atoms with E-state index >= 15 is 0 Å². The van der Waals surface area contributed by atoms with Crippen molar-refractivity contribution in [2.45, 2.75) is 163 Å². The maximum absolute atomic E-state index is 14.1. The van der Waals surface area contributed by atoms with Gasteiger partial charge in [0.15, 0.2) is 0 Å². The van der Waals surface area contributed by atoms with Crippen molar-refractivity contribution in [3.05, 3.63) is 35.9 Å². The molecule has 0 saturated carbocycles. The van der Waals surface area contributed by atoms with Crippen molar-refractivity contribution in [1.82, 2.24) is 37.2 Å². The number of hydrogen-bond acceptors (Lipinski definition) is 9. The van der Waals surface area contributed by atoms with Crippen LogP contribution >= 0.6 is 0 Å². The molecule has 1 aromatic rings. The Labute approximate surface area is 349 Å². The fourth-order valence-corrected chi connectivity index (χ4v) is 6.44. The van der Waals surface area contributed by atoms with E-state index in [1.807, 2.05) is 55.4 Å². The predicted octanol–water partition coefficient (Wildman–Crippen LogP) is 2.18. The van der Waals surface area contributed by atoms with Crippen molar-refractivity contribution in [1.29, 1.82) is 0 Å². The monoisotopic (exact) mass is 828 g/mol. The van der Waals surface area contributed by atoms with Gasteiger partial charge in [0.2, 0.25) is 41.4 Å². The summed E-state index contributed by atoms with van der Waals surface area (Å²) < 4.78 is 5.62. The Balaban J connectivity index is 2.66. The van der Waals surface area contributed by atoms with Crippen LogP contribution < -0.4 is 37.2 Å². The number of hydrogen-bond donors (Lipinski definition) is 7. The van der Waals surface area contributed by atoms with Gasteiger partial charge in [-0.3, -0.25) is 33.6 Å². The van der Waals surface area contributed by atoms with Gasteiger partial charge in [0.25, 0.3) is 0 Å². The molecule has 1 saturated heterocycles. The van der Waals surface area contributed by atoms with Crippen LogP contribution in [0, 0.1) is 23.7 Å². The summed E-state index contributed by atoms with van der Waals surface area (Å²) in [5.74, 6) is -5.60. The van der Waals surface area contributed by atoms with Crippen molar-refractivity contribution in [2.75, 3.05) is 0 Å². The summed E-state index contributed by atoms with van der Waals surface area (Å²) in [5, 5.41) is 18.9. The van der Waals surface area contributed by atoms with Gasteiger partial charge in [0, 0.05) is 12.8 Å². The van der Waals surface area contributed by atoms with Gasteiger partial charge in [-0.2, -0.15) is 0 Å². The van der Waals surface area contributed by atoms with Gasteiger partial charge in [-0.05, 0) is 75.7 Å². The first-order valence-corrected chi connectivity index (χ1v) is 20.9. The fraction of sp³-hybridized carbons (Fsp3) is 0.674. The molecule has 1 heterocycles. The van der Waals surface area contributed by atoms with Crippen LogP contribution in [0.4, 0.5) is 0 Å². The molecule has 2 rings (SSSR count). The van der Waals surface area contributed by atoms with Crippen molar-refractivity contribution in [2.24, 2.45) is 23.7 Å². The third kappa shape index (κ3) is 17.8. The van der Waals surface area contributed by atoms with Gasteiger partial charge >= 0.3 is 5.97 Å². The highest BCUT2D eigenvalue weighted by molar-refractivity contribution is 5.97. The minimum Gasteiger partial charge on any atom is -0.458 e. The third-order valence-corrected chi connectivity index (χ3v) is 9.72. The highest BCUT2D eigenvalue weighted by atomic mass is 16.5. The summed E-state index contributed by atoms with van der Waals surface area (Å²) in [6.45, 7) is 19.3. The topological polar surface area (TPSA) is 230 Å². The van der Waals surface area contributed by atoms with E-state index in [1.54, 1.807) is 30.3 Å². The Kier molecular flexibility index (Phi) is 20.5. The van der Waals surface area contributed by atoms with E-state index in [-0.39, 0.29) is 55.8 Å². The Hall–Kier alpha value is -5.02. The molecule has 16 heteroatoms. The fourth-order valence-electron chi connectivity index (χ4n) is 6.44. The number of rotatable bonds is 12. The first-order valence-electron chi connectivity index (χ1n) is 20.9. The zero-order chi connectivity index (χ0) is 44.6. The smallest absolute Gasteiger partial charge is 0.328 e. The standard InChI is InChI=1S/C43H69N7O9/c1-23(2)17-18-35(51)50-36-29(11)59-43(58)28(10)45-38(53)31(19-24(3)4)47-39(54)32(20-25(5)6)48-40(55)33(21-26(7)8)49-41(56)34(22-30-15-13-12-14-16-30)46-37(52)27(9)44-42(36)57/h12-16,23-29,31-34,36H,17-22H2,1-11H3,(H,44,57)(H,45,53)(H,46,52)(H,47,54)(H,48,55)(H,49,56)(H,50,51)/t27-,28-,29+,31-,32+,33+,34-,36?/m0/s1. The van der Waals surface area contributed by atoms with E-state index in [1.165, 1.54) is 20.8 Å². The van der Waals surface area contributed by atoms with Crippen LogP contribution in [-0.4, -0.2) is 95.7 Å². The zero-order valence-electron chi connectivity index (χ0n) is 36.7. The van der Waals surface area contributed by atoms with Crippen molar-refractivity contribution in [3.63, 3.8) is 0 Å². The van der Waals surface area contributed by atoms with E-state index in [0.717, 1.165) is 0 Å². The molecule has 16 nitrogen and oxygen atoms in total. The molecule has 7 amide bonds. The van der Waals surface area contributed by atoms with Crippen molar-refractivity contribution in [3.8, 4) is 0 Å². The Bertz CT molecular complexity index is 1600. The van der Waals surface area contributed by atoms with Gasteiger partial charge in [0.05, 0.1) is 0 Å². The zero-order valence-corrected chi connectivity index (χ0v) is 36.7. The number of nitrogens with one attached hydrogen (secondary N) is 7. The second-order valence-electron chi connectivity index (χ2n) is 17.4. The van der Waals surface area contributed by atoms with Gasteiger partial charge in [0.1, 0.15) is 48.4 Å². The molecule has 1 aromatic carbocycles. The molecule has 0 bridgehead atoms. The Morgan fingerprint density at radius 2 is 0.983 bits per heavy atom. The van der Waals surface area contributed by atoms with Gasteiger partial charge in [-0.1, -0.05) is 85.7 Å². The minimum atomic E-state index is -1.45. The number of carbonyl (C=O) groups is 8. The van der Waals surface area contributed by atoms with Gasteiger partial charge < -0.3 is 42.0 Å². The highest BCUT2D eigenvalue weighted by Gasteiger charge is 2.36. The van der Waals surface area contributed by atoms with Crippen LogP contribution in [0.25, 0.3) is 0 Å². The molecular weight excluding hydrogens is 759 g/mol. The molecule has 7 N–H and O–H groups in total. The quantitative estimate of drug-likeness (QED) is 0.153. The average Bonchev–Trinajstić information content (AvgIpc) is 3.14.